The molecule has 2 aromatic heterocycles. The Hall–Kier alpha value is -2.21. The van der Waals surface area contributed by atoms with Crippen LogP contribution in [-0.2, 0) is 25.8 Å². The number of likely N-dealkylation sites (tertiary alicyclic amines) is 1. The molecule has 156 valence electrons. The molecule has 1 N–H and O–H groups in total. The Morgan fingerprint density at radius 2 is 2.14 bits per heavy atom. The van der Waals surface area contributed by atoms with Crippen molar-refractivity contribution in [1.29, 1.82) is 0 Å². The van der Waals surface area contributed by atoms with E-state index in [0.717, 1.165) is 82.5 Å². The summed E-state index contributed by atoms with van der Waals surface area (Å²) in [6.07, 6.45) is 12.1. The number of aromatic nitrogens is 3. The lowest BCUT2D eigenvalue weighted by Crippen LogP contribution is -2.39. The maximum atomic E-state index is 13.4. The lowest BCUT2D eigenvalue weighted by molar-refractivity contribution is 0.0710. The molecule has 0 radical (unpaired) electrons. The second kappa shape index (κ2) is 9.53. The van der Waals surface area contributed by atoms with E-state index >= 15 is 0 Å². The fourth-order valence-corrected chi connectivity index (χ4v) is 4.62. The third-order valence-electron chi connectivity index (χ3n) is 6.16. The van der Waals surface area contributed by atoms with E-state index in [1.807, 2.05) is 28.0 Å². The Morgan fingerprint density at radius 3 is 2.90 bits per heavy atom. The van der Waals surface area contributed by atoms with Gasteiger partial charge >= 0.3 is 0 Å². The van der Waals surface area contributed by atoms with Crippen molar-refractivity contribution in [3.05, 3.63) is 47.0 Å². The van der Waals surface area contributed by atoms with Crippen LogP contribution in [0.4, 0.5) is 0 Å². The highest BCUT2D eigenvalue weighted by Crippen LogP contribution is 2.27. The number of aryl methyl sites for hydroxylation is 2. The molecule has 1 saturated heterocycles. The standard InChI is InChI=1S/C23H33N5O/c1-2-13-28-22(23(29)27-14-4-3-5-15-27)20-16-19(8-9-21(20)26-28)25-12-10-18-7-6-11-24-17-18/h6-7,11,17,19,25H,2-5,8-10,12-16H2,1H3. The van der Waals surface area contributed by atoms with Crippen LogP contribution in [0.2, 0.25) is 0 Å². The number of pyridine rings is 1. The molecule has 0 aromatic carbocycles. The lowest BCUT2D eigenvalue weighted by Gasteiger charge is -2.28. The van der Waals surface area contributed by atoms with Crippen molar-refractivity contribution >= 4 is 5.91 Å². The van der Waals surface area contributed by atoms with E-state index in [1.54, 1.807) is 0 Å². The molecule has 6 heteroatoms. The van der Waals surface area contributed by atoms with Gasteiger partial charge < -0.3 is 10.2 Å². The molecular formula is C23H33N5O. The van der Waals surface area contributed by atoms with Crippen molar-refractivity contribution < 1.29 is 4.79 Å². The molecule has 1 aliphatic carbocycles. The van der Waals surface area contributed by atoms with E-state index in [9.17, 15) is 4.79 Å². The molecule has 6 nitrogen and oxygen atoms in total. The molecular weight excluding hydrogens is 362 g/mol. The summed E-state index contributed by atoms with van der Waals surface area (Å²) in [6, 6.07) is 4.52. The highest BCUT2D eigenvalue weighted by atomic mass is 16.2. The van der Waals surface area contributed by atoms with Gasteiger partial charge in [0.1, 0.15) is 5.69 Å². The van der Waals surface area contributed by atoms with Crippen molar-refractivity contribution in [3.63, 3.8) is 0 Å². The number of nitrogens with one attached hydrogen (secondary N) is 1. The quantitative estimate of drug-likeness (QED) is 0.783. The Labute approximate surface area is 173 Å². The van der Waals surface area contributed by atoms with Crippen LogP contribution in [0.5, 0.6) is 0 Å². The first-order valence-electron chi connectivity index (χ1n) is 11.3. The zero-order chi connectivity index (χ0) is 20.1. The van der Waals surface area contributed by atoms with Gasteiger partial charge in [-0.3, -0.25) is 14.5 Å². The van der Waals surface area contributed by atoms with Gasteiger partial charge in [-0.25, -0.2) is 0 Å². The Balaban J connectivity index is 1.46. The highest BCUT2D eigenvalue weighted by Gasteiger charge is 2.31. The fourth-order valence-electron chi connectivity index (χ4n) is 4.62. The summed E-state index contributed by atoms with van der Waals surface area (Å²) < 4.78 is 2.00. The maximum absolute atomic E-state index is 13.4. The fraction of sp³-hybridized carbons (Fsp3) is 0.609. The summed E-state index contributed by atoms with van der Waals surface area (Å²) in [5, 5.41) is 8.56. The lowest BCUT2D eigenvalue weighted by atomic mass is 9.91. The molecule has 1 fully saturated rings. The van der Waals surface area contributed by atoms with Crippen LogP contribution < -0.4 is 5.32 Å². The highest BCUT2D eigenvalue weighted by molar-refractivity contribution is 5.94. The number of hydrogen-bond acceptors (Lipinski definition) is 4. The molecule has 1 amide bonds. The summed E-state index contributed by atoms with van der Waals surface area (Å²) in [5.74, 6) is 0.197. The van der Waals surface area contributed by atoms with Gasteiger partial charge in [0.2, 0.25) is 0 Å². The monoisotopic (exact) mass is 395 g/mol. The molecule has 1 unspecified atom stereocenters. The van der Waals surface area contributed by atoms with E-state index in [2.05, 4.69) is 23.3 Å². The van der Waals surface area contributed by atoms with Crippen LogP contribution in [0.1, 0.15) is 66.3 Å². The topological polar surface area (TPSA) is 63.1 Å². The van der Waals surface area contributed by atoms with Gasteiger partial charge in [0.25, 0.3) is 5.91 Å². The van der Waals surface area contributed by atoms with Crippen LogP contribution in [0.15, 0.2) is 24.5 Å². The average Bonchev–Trinajstić information content (AvgIpc) is 3.12. The molecule has 2 aromatic rings. The molecule has 0 bridgehead atoms. The first-order chi connectivity index (χ1) is 14.3. The molecule has 3 heterocycles. The van der Waals surface area contributed by atoms with Gasteiger partial charge in [-0.05, 0) is 69.5 Å². The zero-order valence-electron chi connectivity index (χ0n) is 17.6. The van der Waals surface area contributed by atoms with E-state index in [0.29, 0.717) is 6.04 Å². The van der Waals surface area contributed by atoms with Crippen LogP contribution in [0, 0.1) is 0 Å². The Kier molecular flexibility index (Phi) is 6.60. The van der Waals surface area contributed by atoms with E-state index in [1.165, 1.54) is 17.5 Å². The van der Waals surface area contributed by atoms with Gasteiger partial charge in [0, 0.05) is 43.6 Å². The van der Waals surface area contributed by atoms with Gasteiger partial charge in [-0.2, -0.15) is 5.10 Å². The Morgan fingerprint density at radius 1 is 1.28 bits per heavy atom. The summed E-state index contributed by atoms with van der Waals surface area (Å²) in [7, 11) is 0. The van der Waals surface area contributed by atoms with E-state index in [-0.39, 0.29) is 5.91 Å². The van der Waals surface area contributed by atoms with Crippen molar-refractivity contribution in [2.24, 2.45) is 0 Å². The molecule has 0 spiro atoms. The van der Waals surface area contributed by atoms with Gasteiger partial charge in [0.05, 0.1) is 5.69 Å². The number of piperidine rings is 1. The smallest absolute Gasteiger partial charge is 0.272 e. The average molecular weight is 396 g/mol. The van der Waals surface area contributed by atoms with Gasteiger partial charge in [-0.15, -0.1) is 0 Å². The second-order valence-corrected chi connectivity index (χ2v) is 8.35. The summed E-state index contributed by atoms with van der Waals surface area (Å²) >= 11 is 0. The van der Waals surface area contributed by atoms with E-state index in [4.69, 9.17) is 5.10 Å². The summed E-state index contributed by atoms with van der Waals surface area (Å²) in [6.45, 7) is 5.68. The largest absolute Gasteiger partial charge is 0.337 e. The van der Waals surface area contributed by atoms with Crippen molar-refractivity contribution in [2.45, 2.75) is 70.9 Å². The SMILES string of the molecule is CCCn1nc2c(c1C(=O)N1CCCCC1)CC(NCCc1cccnc1)CC2. The first kappa shape index (κ1) is 20.1. The van der Waals surface area contributed by atoms with Gasteiger partial charge in [-0.1, -0.05) is 13.0 Å². The minimum Gasteiger partial charge on any atom is -0.337 e. The van der Waals surface area contributed by atoms with Crippen LogP contribution >= 0.6 is 0 Å². The van der Waals surface area contributed by atoms with Crippen LogP contribution in [0.25, 0.3) is 0 Å². The molecule has 2 aliphatic rings. The normalized spacial score (nSPS) is 19.2. The molecule has 0 saturated carbocycles. The van der Waals surface area contributed by atoms with Gasteiger partial charge in [0.15, 0.2) is 0 Å². The predicted octanol–water partition coefficient (Wildman–Crippen LogP) is 3.00. The first-order valence-corrected chi connectivity index (χ1v) is 11.3. The number of nitrogens with zero attached hydrogens (tertiary/aromatic N) is 4. The summed E-state index contributed by atoms with van der Waals surface area (Å²) in [5.41, 5.74) is 4.46. The molecule has 29 heavy (non-hydrogen) atoms. The number of hydrogen-bond donors (Lipinski definition) is 1. The number of rotatable bonds is 7. The maximum Gasteiger partial charge on any atom is 0.272 e. The number of amides is 1. The number of fused-ring (bicyclic) bond motifs is 1. The zero-order valence-corrected chi connectivity index (χ0v) is 17.6. The number of carbonyl (C=O) groups excluding carboxylic acids is 1. The Bertz CT molecular complexity index is 810. The minimum atomic E-state index is 0.197. The van der Waals surface area contributed by atoms with Crippen molar-refractivity contribution in [2.75, 3.05) is 19.6 Å². The van der Waals surface area contributed by atoms with Crippen LogP contribution in [0.3, 0.4) is 0 Å². The van der Waals surface area contributed by atoms with E-state index < -0.39 is 0 Å². The second-order valence-electron chi connectivity index (χ2n) is 8.35. The molecule has 1 atom stereocenters. The minimum absolute atomic E-state index is 0.197. The summed E-state index contributed by atoms with van der Waals surface area (Å²) in [4.78, 5) is 19.6. The van der Waals surface area contributed by atoms with Crippen LogP contribution in [-0.4, -0.2) is 51.2 Å². The molecule has 1 aliphatic heterocycles. The van der Waals surface area contributed by atoms with Crippen molar-refractivity contribution in [3.8, 4) is 0 Å². The third kappa shape index (κ3) is 4.69. The third-order valence-corrected chi connectivity index (χ3v) is 6.16. The van der Waals surface area contributed by atoms with Crippen molar-refractivity contribution in [1.82, 2.24) is 25.0 Å². The molecule has 4 rings (SSSR count). The number of carbonyl (C=O) groups is 1. The predicted molar refractivity (Wildman–Crippen MR) is 114 cm³/mol.